The Bertz CT molecular complexity index is 567. The Hall–Kier alpha value is -2.29. The van der Waals surface area contributed by atoms with Gasteiger partial charge in [-0.25, -0.2) is 4.79 Å². The minimum atomic E-state index is -0.943. The molecule has 0 amide bonds. The van der Waals surface area contributed by atoms with Crippen molar-refractivity contribution in [1.82, 2.24) is 4.57 Å². The molecule has 86 valence electrons. The molecule has 0 saturated heterocycles. The number of carbonyl (C=O) groups is 1. The Morgan fingerprint density at radius 3 is 2.82 bits per heavy atom. The van der Waals surface area contributed by atoms with Crippen LogP contribution in [0.15, 0.2) is 48.7 Å². The molecule has 17 heavy (non-hydrogen) atoms. The fourth-order valence-corrected chi connectivity index (χ4v) is 1.70. The molecule has 0 aliphatic heterocycles. The van der Waals surface area contributed by atoms with E-state index in [-0.39, 0.29) is 0 Å². The highest BCUT2D eigenvalue weighted by Crippen LogP contribution is 2.15. The first-order valence-corrected chi connectivity index (χ1v) is 5.32. The zero-order valence-corrected chi connectivity index (χ0v) is 9.50. The topological polar surface area (TPSA) is 42.2 Å². The van der Waals surface area contributed by atoms with Crippen LogP contribution in [0.5, 0.6) is 0 Å². The summed E-state index contributed by atoms with van der Waals surface area (Å²) >= 11 is 0. The molecule has 0 atom stereocenters. The number of benzene rings is 1. The summed E-state index contributed by atoms with van der Waals surface area (Å²) in [7, 11) is 0. The van der Waals surface area contributed by atoms with Crippen molar-refractivity contribution in [2.45, 2.75) is 6.92 Å². The maximum Gasteiger partial charge on any atom is 0.328 e. The maximum absolute atomic E-state index is 10.5. The second-order valence-electron chi connectivity index (χ2n) is 3.81. The summed E-state index contributed by atoms with van der Waals surface area (Å²) in [4.78, 5) is 10.5. The van der Waals surface area contributed by atoms with Crippen LogP contribution < -0.4 is 0 Å². The van der Waals surface area contributed by atoms with E-state index in [4.69, 9.17) is 5.11 Å². The van der Waals surface area contributed by atoms with Crippen LogP contribution in [0.4, 0.5) is 0 Å². The summed E-state index contributed by atoms with van der Waals surface area (Å²) in [5.41, 5.74) is 3.04. The number of carboxylic acids is 1. The van der Waals surface area contributed by atoms with Gasteiger partial charge in [-0.15, -0.1) is 0 Å². The van der Waals surface area contributed by atoms with Crippen LogP contribution in [0.3, 0.4) is 0 Å². The molecule has 0 bridgehead atoms. The molecule has 1 aromatic heterocycles. The number of carboxylic acid groups (broad SMARTS) is 1. The monoisotopic (exact) mass is 227 g/mol. The molecule has 3 nitrogen and oxygen atoms in total. The number of aryl methyl sites for hydroxylation is 1. The number of hydrogen-bond donors (Lipinski definition) is 1. The van der Waals surface area contributed by atoms with E-state index < -0.39 is 5.97 Å². The largest absolute Gasteiger partial charge is 0.478 e. The molecule has 3 heteroatoms. The van der Waals surface area contributed by atoms with Gasteiger partial charge in [-0.1, -0.05) is 12.1 Å². The van der Waals surface area contributed by atoms with Crippen molar-refractivity contribution in [2.75, 3.05) is 0 Å². The van der Waals surface area contributed by atoms with Crippen LogP contribution in [0.1, 0.15) is 11.3 Å². The molecule has 0 fully saturated rings. The second kappa shape index (κ2) is 4.70. The van der Waals surface area contributed by atoms with Crippen LogP contribution in [0, 0.1) is 6.92 Å². The second-order valence-corrected chi connectivity index (χ2v) is 3.81. The van der Waals surface area contributed by atoms with Crippen molar-refractivity contribution >= 4 is 12.0 Å². The Kier molecular flexibility index (Phi) is 3.10. The zero-order valence-electron chi connectivity index (χ0n) is 9.50. The predicted octanol–water partition coefficient (Wildman–Crippen LogP) is 2.88. The van der Waals surface area contributed by atoms with Crippen molar-refractivity contribution in [3.63, 3.8) is 0 Å². The van der Waals surface area contributed by atoms with Gasteiger partial charge < -0.3 is 9.67 Å². The van der Waals surface area contributed by atoms with Gasteiger partial charge in [-0.3, -0.25) is 0 Å². The molecular formula is C14H13NO2. The van der Waals surface area contributed by atoms with Gasteiger partial charge >= 0.3 is 5.97 Å². The van der Waals surface area contributed by atoms with Crippen molar-refractivity contribution < 1.29 is 9.90 Å². The number of aliphatic carboxylic acids is 1. The number of rotatable bonds is 3. The van der Waals surface area contributed by atoms with E-state index in [9.17, 15) is 4.79 Å². The summed E-state index contributed by atoms with van der Waals surface area (Å²) in [5.74, 6) is -0.943. The van der Waals surface area contributed by atoms with Gasteiger partial charge in [0.25, 0.3) is 0 Å². The van der Waals surface area contributed by atoms with Gasteiger partial charge in [0.1, 0.15) is 0 Å². The lowest BCUT2D eigenvalue weighted by Crippen LogP contribution is -1.95. The highest BCUT2D eigenvalue weighted by atomic mass is 16.4. The molecule has 1 aromatic carbocycles. The van der Waals surface area contributed by atoms with Crippen LogP contribution in [-0.2, 0) is 4.79 Å². The third-order valence-electron chi connectivity index (χ3n) is 2.46. The normalized spacial score (nSPS) is 10.9. The van der Waals surface area contributed by atoms with Crippen molar-refractivity contribution in [2.24, 2.45) is 0 Å². The quantitative estimate of drug-likeness (QED) is 0.819. The third kappa shape index (κ3) is 2.64. The Morgan fingerprint density at radius 2 is 2.12 bits per heavy atom. The number of nitrogens with zero attached hydrogens (tertiary/aromatic N) is 1. The number of aromatic nitrogens is 1. The summed E-state index contributed by atoms with van der Waals surface area (Å²) in [5, 5.41) is 8.62. The first kappa shape index (κ1) is 11.2. The van der Waals surface area contributed by atoms with Gasteiger partial charge in [0.15, 0.2) is 0 Å². The lowest BCUT2D eigenvalue weighted by molar-refractivity contribution is -0.131. The molecule has 0 aliphatic rings. The minimum absolute atomic E-state index is 0.845. The molecule has 2 aromatic rings. The molecule has 2 rings (SSSR count). The highest BCUT2D eigenvalue weighted by molar-refractivity contribution is 5.85. The SMILES string of the molecule is Cc1cccc(-n2cccc2/C=C/C(=O)O)c1. The summed E-state index contributed by atoms with van der Waals surface area (Å²) in [6.45, 7) is 2.03. The first-order valence-electron chi connectivity index (χ1n) is 5.32. The predicted molar refractivity (Wildman–Crippen MR) is 67.2 cm³/mol. The lowest BCUT2D eigenvalue weighted by Gasteiger charge is -2.07. The van der Waals surface area contributed by atoms with Crippen molar-refractivity contribution in [3.05, 3.63) is 59.9 Å². The van der Waals surface area contributed by atoms with Crippen LogP contribution in [0.2, 0.25) is 0 Å². The van der Waals surface area contributed by atoms with Crippen molar-refractivity contribution in [1.29, 1.82) is 0 Å². The van der Waals surface area contributed by atoms with Gasteiger partial charge in [-0.05, 0) is 42.8 Å². The maximum atomic E-state index is 10.5. The fourth-order valence-electron chi connectivity index (χ4n) is 1.70. The molecule has 0 unspecified atom stereocenters. The average Bonchev–Trinajstić information content (AvgIpc) is 2.74. The van der Waals surface area contributed by atoms with E-state index in [0.717, 1.165) is 17.5 Å². The van der Waals surface area contributed by atoms with E-state index in [0.29, 0.717) is 0 Å². The minimum Gasteiger partial charge on any atom is -0.478 e. The smallest absolute Gasteiger partial charge is 0.328 e. The molecule has 0 spiro atoms. The Morgan fingerprint density at radius 1 is 1.29 bits per heavy atom. The van der Waals surface area contributed by atoms with E-state index in [1.165, 1.54) is 5.56 Å². The Balaban J connectivity index is 2.40. The van der Waals surface area contributed by atoms with Crippen molar-refractivity contribution in [3.8, 4) is 5.69 Å². The zero-order chi connectivity index (χ0) is 12.3. The lowest BCUT2D eigenvalue weighted by atomic mass is 10.2. The standard InChI is InChI=1S/C14H13NO2/c1-11-4-2-5-13(10-11)15-9-3-6-12(15)7-8-14(16)17/h2-10H,1H3,(H,16,17)/b8-7+. The molecule has 0 radical (unpaired) electrons. The number of hydrogen-bond acceptors (Lipinski definition) is 1. The Labute approximate surface area is 99.6 Å². The molecule has 0 aliphatic carbocycles. The van der Waals surface area contributed by atoms with Crippen LogP contribution >= 0.6 is 0 Å². The van der Waals surface area contributed by atoms with Crippen LogP contribution in [0.25, 0.3) is 11.8 Å². The fraction of sp³-hybridized carbons (Fsp3) is 0.0714. The van der Waals surface area contributed by atoms with Gasteiger partial charge in [0.2, 0.25) is 0 Å². The van der Waals surface area contributed by atoms with E-state index >= 15 is 0 Å². The van der Waals surface area contributed by atoms with Gasteiger partial charge in [0.05, 0.1) is 0 Å². The molecule has 0 saturated carbocycles. The average molecular weight is 227 g/mol. The highest BCUT2D eigenvalue weighted by Gasteiger charge is 2.00. The van der Waals surface area contributed by atoms with E-state index in [2.05, 4.69) is 6.07 Å². The summed E-state index contributed by atoms with van der Waals surface area (Å²) in [6.07, 6.45) is 4.64. The van der Waals surface area contributed by atoms with E-state index in [1.807, 2.05) is 48.0 Å². The van der Waals surface area contributed by atoms with E-state index in [1.54, 1.807) is 6.08 Å². The molecule has 1 N–H and O–H groups in total. The summed E-state index contributed by atoms with van der Waals surface area (Å²) in [6, 6.07) is 11.8. The van der Waals surface area contributed by atoms with Gasteiger partial charge in [0, 0.05) is 23.7 Å². The van der Waals surface area contributed by atoms with Gasteiger partial charge in [-0.2, -0.15) is 0 Å². The first-order chi connectivity index (χ1) is 8.16. The third-order valence-corrected chi connectivity index (χ3v) is 2.46. The molecule has 1 heterocycles. The molecular weight excluding hydrogens is 214 g/mol. The van der Waals surface area contributed by atoms with Crippen LogP contribution in [-0.4, -0.2) is 15.6 Å². The summed E-state index contributed by atoms with van der Waals surface area (Å²) < 4.78 is 1.95.